The molecule has 0 radical (unpaired) electrons. The van der Waals surface area contributed by atoms with Gasteiger partial charge in [-0.1, -0.05) is 42.1 Å². The number of hydrogen-bond donors (Lipinski definition) is 2. The highest BCUT2D eigenvalue weighted by atomic mass is 32.2. The first kappa shape index (κ1) is 18.7. The molecule has 3 rings (SSSR count). The van der Waals surface area contributed by atoms with Crippen LogP contribution in [0.15, 0.2) is 64.5 Å². The van der Waals surface area contributed by atoms with Gasteiger partial charge in [0.2, 0.25) is 5.91 Å². The van der Waals surface area contributed by atoms with E-state index in [2.05, 4.69) is 15.6 Å². The van der Waals surface area contributed by atoms with Gasteiger partial charge in [-0.15, -0.1) is 0 Å². The average molecular weight is 382 g/mol. The van der Waals surface area contributed by atoms with Gasteiger partial charge >= 0.3 is 6.03 Å². The maximum atomic E-state index is 13.0. The number of thioether (sulfide) groups is 1. The minimum Gasteiger partial charge on any atom is -0.338 e. The third-order valence-electron chi connectivity index (χ3n) is 3.68. The summed E-state index contributed by atoms with van der Waals surface area (Å²) in [5.74, 6) is -0.512. The first-order valence-corrected chi connectivity index (χ1v) is 9.36. The molecule has 0 aliphatic heterocycles. The summed E-state index contributed by atoms with van der Waals surface area (Å²) in [6.45, 7) is 2.18. The number of benzene rings is 2. The standard InChI is InChI=1S/C19H18N4O3S/c1-2-20-18(26)22-16(24)12-27-19-21-15-11-7-6-10-14(15)17(25)23(19)13-8-4-3-5-9-13/h3-11H,2,12H2,1H3,(H2,20,22,24,26). The number of imide groups is 1. The molecular weight excluding hydrogens is 364 g/mol. The van der Waals surface area contributed by atoms with Crippen molar-refractivity contribution in [2.45, 2.75) is 12.1 Å². The Hall–Kier alpha value is -3.13. The Morgan fingerprint density at radius 3 is 2.52 bits per heavy atom. The fourth-order valence-electron chi connectivity index (χ4n) is 2.51. The van der Waals surface area contributed by atoms with Crippen LogP contribution >= 0.6 is 11.8 Å². The van der Waals surface area contributed by atoms with Gasteiger partial charge in [-0.05, 0) is 31.2 Å². The minimum absolute atomic E-state index is 0.0469. The van der Waals surface area contributed by atoms with E-state index >= 15 is 0 Å². The molecule has 0 aliphatic carbocycles. The number of rotatable bonds is 5. The normalized spacial score (nSPS) is 10.6. The molecule has 2 aromatic carbocycles. The fourth-order valence-corrected chi connectivity index (χ4v) is 3.32. The van der Waals surface area contributed by atoms with Gasteiger partial charge in [0, 0.05) is 6.54 Å². The Bertz CT molecular complexity index is 1030. The summed E-state index contributed by atoms with van der Waals surface area (Å²) in [5.41, 5.74) is 1.01. The second kappa shape index (κ2) is 8.50. The summed E-state index contributed by atoms with van der Waals surface area (Å²) in [5, 5.41) is 5.61. The molecule has 0 unspecified atom stereocenters. The number of carbonyl (C=O) groups excluding carboxylic acids is 2. The molecule has 0 aliphatic rings. The smallest absolute Gasteiger partial charge is 0.321 e. The van der Waals surface area contributed by atoms with E-state index in [1.165, 1.54) is 4.57 Å². The SMILES string of the molecule is CCNC(=O)NC(=O)CSc1nc2ccccc2c(=O)n1-c1ccccc1. The first-order valence-electron chi connectivity index (χ1n) is 8.38. The van der Waals surface area contributed by atoms with E-state index in [4.69, 9.17) is 0 Å². The maximum absolute atomic E-state index is 13.0. The molecule has 0 saturated heterocycles. The number of para-hydroxylation sites is 2. The van der Waals surface area contributed by atoms with Crippen LogP contribution in [0.2, 0.25) is 0 Å². The summed E-state index contributed by atoms with van der Waals surface area (Å²) in [7, 11) is 0. The van der Waals surface area contributed by atoms with E-state index in [1.54, 1.807) is 43.3 Å². The van der Waals surface area contributed by atoms with Crippen molar-refractivity contribution in [3.05, 3.63) is 65.0 Å². The van der Waals surface area contributed by atoms with Crippen molar-refractivity contribution in [1.29, 1.82) is 0 Å². The zero-order valence-corrected chi connectivity index (χ0v) is 15.5. The molecule has 2 N–H and O–H groups in total. The van der Waals surface area contributed by atoms with Crippen molar-refractivity contribution in [3.63, 3.8) is 0 Å². The molecule has 138 valence electrons. The third kappa shape index (κ3) is 4.35. The van der Waals surface area contributed by atoms with Crippen LogP contribution in [0.3, 0.4) is 0 Å². The number of amides is 3. The van der Waals surface area contributed by atoms with E-state index in [0.29, 0.717) is 28.3 Å². The number of nitrogens with zero attached hydrogens (tertiary/aromatic N) is 2. The van der Waals surface area contributed by atoms with E-state index in [1.807, 2.05) is 18.2 Å². The van der Waals surface area contributed by atoms with Crippen LogP contribution in [0.25, 0.3) is 16.6 Å². The largest absolute Gasteiger partial charge is 0.338 e. The zero-order valence-electron chi connectivity index (χ0n) is 14.6. The molecule has 1 heterocycles. The van der Waals surface area contributed by atoms with Crippen molar-refractivity contribution in [1.82, 2.24) is 20.2 Å². The van der Waals surface area contributed by atoms with Crippen molar-refractivity contribution in [2.24, 2.45) is 0 Å². The summed E-state index contributed by atoms with van der Waals surface area (Å²) >= 11 is 1.10. The molecule has 0 saturated carbocycles. The van der Waals surface area contributed by atoms with Gasteiger partial charge in [0.15, 0.2) is 5.16 Å². The highest BCUT2D eigenvalue weighted by molar-refractivity contribution is 7.99. The van der Waals surface area contributed by atoms with Gasteiger partial charge in [0.25, 0.3) is 5.56 Å². The summed E-state index contributed by atoms with van der Waals surface area (Å²) < 4.78 is 1.48. The molecule has 3 amide bonds. The molecule has 0 bridgehead atoms. The van der Waals surface area contributed by atoms with E-state index in [-0.39, 0.29) is 11.3 Å². The van der Waals surface area contributed by atoms with Crippen LogP contribution in [0.5, 0.6) is 0 Å². The van der Waals surface area contributed by atoms with Crippen LogP contribution < -0.4 is 16.2 Å². The number of hydrogen-bond acceptors (Lipinski definition) is 5. The Balaban J connectivity index is 1.95. The van der Waals surface area contributed by atoms with Gasteiger partial charge < -0.3 is 5.32 Å². The molecule has 27 heavy (non-hydrogen) atoms. The average Bonchev–Trinajstić information content (AvgIpc) is 2.67. The molecule has 1 aromatic heterocycles. The Morgan fingerprint density at radius 2 is 1.78 bits per heavy atom. The second-order valence-corrected chi connectivity index (χ2v) is 6.53. The quantitative estimate of drug-likeness (QED) is 0.522. The Morgan fingerprint density at radius 1 is 1.07 bits per heavy atom. The van der Waals surface area contributed by atoms with Gasteiger partial charge in [0.05, 0.1) is 22.3 Å². The number of aromatic nitrogens is 2. The predicted molar refractivity (Wildman–Crippen MR) is 105 cm³/mol. The maximum Gasteiger partial charge on any atom is 0.321 e. The third-order valence-corrected chi connectivity index (χ3v) is 4.62. The first-order chi connectivity index (χ1) is 13.1. The molecule has 0 atom stereocenters. The van der Waals surface area contributed by atoms with Crippen molar-refractivity contribution in [3.8, 4) is 5.69 Å². The van der Waals surface area contributed by atoms with E-state index in [0.717, 1.165) is 11.8 Å². The van der Waals surface area contributed by atoms with Gasteiger partial charge in [-0.25, -0.2) is 9.78 Å². The molecule has 0 fully saturated rings. The van der Waals surface area contributed by atoms with Crippen LogP contribution in [0.1, 0.15) is 6.92 Å². The summed E-state index contributed by atoms with van der Waals surface area (Å²) in [6.07, 6.45) is 0. The van der Waals surface area contributed by atoms with Gasteiger partial charge in [-0.3, -0.25) is 19.5 Å². The lowest BCUT2D eigenvalue weighted by Gasteiger charge is -2.13. The Labute approximate surface area is 159 Å². The van der Waals surface area contributed by atoms with Crippen LogP contribution in [-0.2, 0) is 4.79 Å². The second-order valence-electron chi connectivity index (χ2n) is 5.58. The number of nitrogens with one attached hydrogen (secondary N) is 2. The highest BCUT2D eigenvalue weighted by Gasteiger charge is 2.15. The highest BCUT2D eigenvalue weighted by Crippen LogP contribution is 2.21. The Kier molecular flexibility index (Phi) is 5.87. The van der Waals surface area contributed by atoms with Crippen molar-refractivity contribution >= 4 is 34.6 Å². The van der Waals surface area contributed by atoms with Crippen LogP contribution in [0.4, 0.5) is 4.79 Å². The van der Waals surface area contributed by atoms with E-state index in [9.17, 15) is 14.4 Å². The number of urea groups is 1. The van der Waals surface area contributed by atoms with Gasteiger partial charge in [-0.2, -0.15) is 0 Å². The van der Waals surface area contributed by atoms with Crippen LogP contribution in [0, 0.1) is 0 Å². The molecule has 0 spiro atoms. The zero-order chi connectivity index (χ0) is 19.2. The number of fused-ring (bicyclic) bond motifs is 1. The molecule has 7 nitrogen and oxygen atoms in total. The lowest BCUT2D eigenvalue weighted by Crippen LogP contribution is -2.40. The lowest BCUT2D eigenvalue weighted by molar-refractivity contribution is -0.117. The number of carbonyl (C=O) groups is 2. The van der Waals surface area contributed by atoms with Crippen molar-refractivity contribution < 1.29 is 9.59 Å². The lowest BCUT2D eigenvalue weighted by atomic mass is 10.2. The van der Waals surface area contributed by atoms with Crippen LogP contribution in [-0.4, -0.2) is 33.8 Å². The predicted octanol–water partition coefficient (Wildman–Crippen LogP) is 2.32. The minimum atomic E-state index is -0.546. The van der Waals surface area contributed by atoms with E-state index < -0.39 is 11.9 Å². The monoisotopic (exact) mass is 382 g/mol. The van der Waals surface area contributed by atoms with Crippen molar-refractivity contribution in [2.75, 3.05) is 12.3 Å². The summed E-state index contributed by atoms with van der Waals surface area (Å²) in [4.78, 5) is 41.0. The molecular formula is C19H18N4O3S. The fraction of sp³-hybridized carbons (Fsp3) is 0.158. The van der Waals surface area contributed by atoms with Gasteiger partial charge in [0.1, 0.15) is 0 Å². The topological polar surface area (TPSA) is 93.1 Å². The summed E-state index contributed by atoms with van der Waals surface area (Å²) in [6, 6.07) is 15.6. The molecule has 8 heteroatoms. The molecule has 3 aromatic rings.